The summed E-state index contributed by atoms with van der Waals surface area (Å²) < 4.78 is 0. The predicted octanol–water partition coefficient (Wildman–Crippen LogP) is -0.176. The highest BCUT2D eigenvalue weighted by Crippen LogP contribution is 2.19. The Hall–Kier alpha value is -4.75. The smallest absolute Gasteiger partial charge is 0.326 e. The van der Waals surface area contributed by atoms with Crippen LogP contribution in [0.4, 0.5) is 0 Å². The maximum absolute atomic E-state index is 13.6. The number of aliphatic carboxylic acids is 1. The fraction of sp³-hybridized carbons (Fsp3) is 0.367. The van der Waals surface area contributed by atoms with Gasteiger partial charge < -0.3 is 43.2 Å². The minimum Gasteiger partial charge on any atom is -0.480 e. The monoisotopic (exact) mass is 593 g/mol. The van der Waals surface area contributed by atoms with Gasteiger partial charge >= 0.3 is 5.97 Å². The zero-order valence-corrected chi connectivity index (χ0v) is 23.8. The fourth-order valence-corrected chi connectivity index (χ4v) is 4.67. The molecule has 13 heteroatoms. The number of unbranched alkanes of at least 4 members (excludes halogenated alkanes) is 1. The van der Waals surface area contributed by atoms with E-state index in [0.717, 1.165) is 22.0 Å². The summed E-state index contributed by atoms with van der Waals surface area (Å²) in [5, 5.41) is 17.9. The molecule has 13 nitrogen and oxygen atoms in total. The van der Waals surface area contributed by atoms with Gasteiger partial charge in [0.25, 0.3) is 0 Å². The number of amides is 4. The molecule has 0 radical (unpaired) electrons. The van der Waals surface area contributed by atoms with Crippen molar-refractivity contribution in [3.63, 3.8) is 0 Å². The standard InChI is InChI=1S/C30H39N7O6/c31-13-7-6-12-23(30(42)43)35-29(41)25(16-26(33)38)37-28(40)24(15-19-17-34-22-11-5-4-10-20(19)22)36-27(39)21(32)14-18-8-2-1-3-9-18/h1-5,8-11,17,21,23-25,34H,6-7,12-16,31-32H2,(H2,33,38)(H,35,41)(H,36,39)(H,37,40)(H,42,43). The summed E-state index contributed by atoms with van der Waals surface area (Å²) in [6.45, 7) is 0.360. The second-order valence-electron chi connectivity index (χ2n) is 10.3. The third-order valence-electron chi connectivity index (χ3n) is 6.97. The fourth-order valence-electron chi connectivity index (χ4n) is 4.67. The van der Waals surface area contributed by atoms with Gasteiger partial charge in [-0.2, -0.15) is 0 Å². The Balaban J connectivity index is 1.81. The molecule has 4 unspecified atom stereocenters. The molecule has 0 aliphatic rings. The molecular weight excluding hydrogens is 554 g/mol. The van der Waals surface area contributed by atoms with Gasteiger partial charge in [0.1, 0.15) is 18.1 Å². The summed E-state index contributed by atoms with van der Waals surface area (Å²) in [6, 6.07) is 11.6. The van der Waals surface area contributed by atoms with Gasteiger partial charge in [0.15, 0.2) is 0 Å². The normalized spacial score (nSPS) is 13.8. The van der Waals surface area contributed by atoms with Crippen molar-refractivity contribution in [2.75, 3.05) is 6.54 Å². The Morgan fingerprint density at radius 3 is 2.09 bits per heavy atom. The van der Waals surface area contributed by atoms with Crippen LogP contribution in [0, 0.1) is 0 Å². The van der Waals surface area contributed by atoms with E-state index in [1.165, 1.54) is 0 Å². The number of H-pyrrole nitrogens is 1. The van der Waals surface area contributed by atoms with E-state index < -0.39 is 60.2 Å². The van der Waals surface area contributed by atoms with Crippen molar-refractivity contribution in [1.29, 1.82) is 0 Å². The Labute approximate surface area is 248 Å². The van der Waals surface area contributed by atoms with Crippen molar-refractivity contribution >= 4 is 40.5 Å². The first-order valence-electron chi connectivity index (χ1n) is 14.1. The Kier molecular flexibility index (Phi) is 12.2. The average Bonchev–Trinajstić information content (AvgIpc) is 3.38. The third-order valence-corrected chi connectivity index (χ3v) is 6.97. The summed E-state index contributed by atoms with van der Waals surface area (Å²) in [7, 11) is 0. The number of aromatic nitrogens is 1. The molecule has 0 aliphatic carbocycles. The van der Waals surface area contributed by atoms with Gasteiger partial charge in [0.2, 0.25) is 23.6 Å². The van der Waals surface area contributed by atoms with Crippen molar-refractivity contribution in [3.8, 4) is 0 Å². The molecule has 3 rings (SSSR count). The van der Waals surface area contributed by atoms with Gasteiger partial charge in [-0.25, -0.2) is 4.79 Å². The molecule has 11 N–H and O–H groups in total. The molecule has 1 aromatic heterocycles. The molecule has 0 fully saturated rings. The van der Waals surface area contributed by atoms with Gasteiger partial charge in [-0.1, -0.05) is 48.5 Å². The zero-order valence-electron chi connectivity index (χ0n) is 23.8. The number of para-hydroxylation sites is 1. The Morgan fingerprint density at radius 2 is 1.42 bits per heavy atom. The number of fused-ring (bicyclic) bond motifs is 1. The molecule has 1 heterocycles. The van der Waals surface area contributed by atoms with Gasteiger partial charge in [0, 0.05) is 23.5 Å². The van der Waals surface area contributed by atoms with Crippen LogP contribution >= 0.6 is 0 Å². The summed E-state index contributed by atoms with van der Waals surface area (Å²) in [4.78, 5) is 66.5. The van der Waals surface area contributed by atoms with Gasteiger partial charge in [-0.3, -0.25) is 19.2 Å². The highest BCUT2D eigenvalue weighted by molar-refractivity contribution is 5.96. The zero-order chi connectivity index (χ0) is 31.4. The van der Waals surface area contributed by atoms with Crippen LogP contribution in [0.25, 0.3) is 10.9 Å². The summed E-state index contributed by atoms with van der Waals surface area (Å²) in [5.41, 5.74) is 19.4. The van der Waals surface area contributed by atoms with Crippen LogP contribution in [0.5, 0.6) is 0 Å². The predicted molar refractivity (Wildman–Crippen MR) is 160 cm³/mol. The first-order chi connectivity index (χ1) is 20.6. The number of carboxylic acid groups (broad SMARTS) is 1. The van der Waals surface area contributed by atoms with E-state index in [9.17, 15) is 29.1 Å². The minimum absolute atomic E-state index is 0.0292. The van der Waals surface area contributed by atoms with Crippen molar-refractivity contribution in [1.82, 2.24) is 20.9 Å². The second-order valence-corrected chi connectivity index (χ2v) is 10.3. The summed E-state index contributed by atoms with van der Waals surface area (Å²) >= 11 is 0. The van der Waals surface area contributed by atoms with Crippen LogP contribution in [-0.4, -0.2) is 70.4 Å². The lowest BCUT2D eigenvalue weighted by molar-refractivity contribution is -0.142. The van der Waals surface area contributed by atoms with Crippen molar-refractivity contribution in [3.05, 3.63) is 71.9 Å². The van der Waals surface area contributed by atoms with E-state index >= 15 is 0 Å². The van der Waals surface area contributed by atoms with E-state index in [1.807, 2.05) is 54.6 Å². The van der Waals surface area contributed by atoms with E-state index in [-0.39, 0.29) is 19.3 Å². The average molecular weight is 594 g/mol. The number of benzene rings is 2. The number of primary amides is 1. The molecular formula is C30H39N7O6. The number of nitrogens with one attached hydrogen (secondary N) is 4. The molecule has 4 atom stereocenters. The number of carbonyl (C=O) groups is 5. The molecule has 0 spiro atoms. The van der Waals surface area contributed by atoms with Crippen LogP contribution in [0.15, 0.2) is 60.8 Å². The van der Waals surface area contributed by atoms with E-state index in [0.29, 0.717) is 19.4 Å². The van der Waals surface area contributed by atoms with E-state index in [2.05, 4.69) is 20.9 Å². The molecule has 43 heavy (non-hydrogen) atoms. The maximum atomic E-state index is 13.6. The number of hydrogen-bond donors (Lipinski definition) is 8. The van der Waals surface area contributed by atoms with Crippen LogP contribution in [0.1, 0.15) is 36.8 Å². The van der Waals surface area contributed by atoms with Gasteiger partial charge in [0.05, 0.1) is 12.5 Å². The van der Waals surface area contributed by atoms with Crippen molar-refractivity contribution < 1.29 is 29.1 Å². The lowest BCUT2D eigenvalue weighted by Crippen LogP contribution is -2.58. The van der Waals surface area contributed by atoms with Gasteiger partial charge in [-0.05, 0) is 49.4 Å². The maximum Gasteiger partial charge on any atom is 0.326 e. The minimum atomic E-state index is -1.48. The molecule has 4 amide bonds. The highest BCUT2D eigenvalue weighted by Gasteiger charge is 2.31. The highest BCUT2D eigenvalue weighted by atomic mass is 16.4. The number of hydrogen-bond acceptors (Lipinski definition) is 7. The first-order valence-corrected chi connectivity index (χ1v) is 14.1. The van der Waals surface area contributed by atoms with E-state index in [1.54, 1.807) is 6.20 Å². The second kappa shape index (κ2) is 16.0. The van der Waals surface area contributed by atoms with Crippen LogP contribution < -0.4 is 33.2 Å². The first kappa shape index (κ1) is 32.8. The number of nitrogens with two attached hydrogens (primary N) is 3. The topological polar surface area (TPSA) is 236 Å². The van der Waals surface area contributed by atoms with Gasteiger partial charge in [-0.15, -0.1) is 0 Å². The lowest BCUT2D eigenvalue weighted by atomic mass is 10.0. The lowest BCUT2D eigenvalue weighted by Gasteiger charge is -2.25. The molecule has 0 saturated heterocycles. The van der Waals surface area contributed by atoms with Crippen LogP contribution in [0.2, 0.25) is 0 Å². The Morgan fingerprint density at radius 1 is 0.791 bits per heavy atom. The van der Waals surface area contributed by atoms with Crippen molar-refractivity contribution in [2.24, 2.45) is 17.2 Å². The number of aromatic amines is 1. The third kappa shape index (κ3) is 9.94. The molecule has 0 aliphatic heterocycles. The number of carboxylic acids is 1. The molecule has 3 aromatic rings. The molecule has 0 bridgehead atoms. The summed E-state index contributed by atoms with van der Waals surface area (Å²) in [6.07, 6.45) is 2.49. The summed E-state index contributed by atoms with van der Waals surface area (Å²) in [5.74, 6) is -4.43. The van der Waals surface area contributed by atoms with Crippen molar-refractivity contribution in [2.45, 2.75) is 62.7 Å². The number of carbonyl (C=O) groups excluding carboxylic acids is 4. The molecule has 2 aromatic carbocycles. The SMILES string of the molecule is NCCCCC(NC(=O)C(CC(N)=O)NC(=O)C(Cc1c[nH]c2ccccc12)NC(=O)C(N)Cc1ccccc1)C(=O)O. The van der Waals surface area contributed by atoms with Crippen LogP contribution in [0.3, 0.4) is 0 Å². The van der Waals surface area contributed by atoms with Crippen LogP contribution in [-0.2, 0) is 36.8 Å². The molecule has 230 valence electrons. The van der Waals surface area contributed by atoms with E-state index in [4.69, 9.17) is 17.2 Å². The Bertz CT molecular complexity index is 1410. The number of rotatable bonds is 17. The quantitative estimate of drug-likeness (QED) is 0.0975. The largest absolute Gasteiger partial charge is 0.480 e. The molecule has 0 saturated carbocycles.